The lowest BCUT2D eigenvalue weighted by atomic mass is 9.98. The van der Waals surface area contributed by atoms with Crippen LogP contribution in [-0.4, -0.2) is 26.1 Å². The fraction of sp³-hybridized carbons (Fsp3) is 0. The Balaban J connectivity index is 1.51. The van der Waals surface area contributed by atoms with Gasteiger partial charge in [0.05, 0.1) is 11.9 Å². The van der Waals surface area contributed by atoms with Crippen LogP contribution in [0.25, 0.3) is 28.5 Å². The van der Waals surface area contributed by atoms with Gasteiger partial charge in [-0.25, -0.2) is 10.1 Å². The molecule has 2 heterocycles. The minimum atomic E-state index is -1.12. The van der Waals surface area contributed by atoms with E-state index in [1.807, 2.05) is 60.7 Å². The van der Waals surface area contributed by atoms with Gasteiger partial charge in [0.15, 0.2) is 0 Å². The van der Waals surface area contributed by atoms with Crippen LogP contribution >= 0.6 is 11.9 Å². The van der Waals surface area contributed by atoms with E-state index in [1.54, 1.807) is 54.0 Å². The average Bonchev–Trinajstić information content (AvgIpc) is 3.44. The molecule has 0 atom stereocenters. The number of nitrogens with zero attached hydrogens (tertiary/aromatic N) is 1. The number of carbonyl (C=O) groups is 2. The zero-order valence-electron chi connectivity index (χ0n) is 20.5. The molecule has 0 saturated carbocycles. The smallest absolute Gasteiger partial charge is 0.340 e. The van der Waals surface area contributed by atoms with Crippen molar-refractivity contribution in [2.75, 3.05) is 5.32 Å². The molecule has 4 aromatic rings. The molecule has 1 aliphatic rings. The van der Waals surface area contributed by atoms with E-state index in [1.165, 1.54) is 9.45 Å². The van der Waals surface area contributed by atoms with E-state index in [0.29, 0.717) is 17.1 Å². The van der Waals surface area contributed by atoms with Gasteiger partial charge in [0.2, 0.25) is 0 Å². The van der Waals surface area contributed by atoms with Crippen LogP contribution in [0.15, 0.2) is 125 Å². The number of carboxylic acid groups (broad SMARTS) is 1. The minimum Gasteiger partial charge on any atom is -0.545 e. The molecule has 0 amide bonds. The molecule has 0 bridgehead atoms. The van der Waals surface area contributed by atoms with Gasteiger partial charge in [0, 0.05) is 16.5 Å². The summed E-state index contributed by atoms with van der Waals surface area (Å²) in [5.41, 5.74) is 3.62. The Kier molecular flexibility index (Phi) is 7.86. The number of carbonyl (C=O) groups excluding carboxylic acids is 1. The second-order valence-corrected chi connectivity index (χ2v) is 9.86. The molecule has 2 N–H and O–H groups in total. The zero-order valence-corrected chi connectivity index (χ0v) is 22.1. The molecule has 8 heteroatoms. The quantitative estimate of drug-likeness (QED) is 0.120. The molecular formula is C31H22N2O4S2. The summed E-state index contributed by atoms with van der Waals surface area (Å²) in [6, 6.07) is 28.1. The van der Waals surface area contributed by atoms with Crippen molar-refractivity contribution >= 4 is 54.1 Å². The van der Waals surface area contributed by atoms with E-state index < -0.39 is 11.8 Å². The van der Waals surface area contributed by atoms with Gasteiger partial charge in [0.25, 0.3) is 5.78 Å². The first-order valence-electron chi connectivity index (χ1n) is 12.0. The van der Waals surface area contributed by atoms with E-state index >= 15 is 0 Å². The van der Waals surface area contributed by atoms with Crippen molar-refractivity contribution in [2.24, 2.45) is 0 Å². The van der Waals surface area contributed by atoms with Crippen LogP contribution < -0.4 is 5.32 Å². The first-order chi connectivity index (χ1) is 19.0. The molecule has 0 unspecified atom stereocenters. The SMILES string of the molecule is O=C1C(=Cc2ccc(-c3ccccc3-c3ccccc3)o2)/C=C/C=C\S/[N+]([S-])=C\1Nc1ccccc1C(=O)O. The van der Waals surface area contributed by atoms with Crippen molar-refractivity contribution in [3.63, 3.8) is 0 Å². The second kappa shape index (κ2) is 11.8. The Morgan fingerprint density at radius 1 is 0.897 bits per heavy atom. The van der Waals surface area contributed by atoms with Crippen LogP contribution in [0.4, 0.5) is 5.69 Å². The Morgan fingerprint density at radius 3 is 2.41 bits per heavy atom. The maximum absolute atomic E-state index is 13.7. The lowest BCUT2D eigenvalue weighted by Crippen LogP contribution is -2.31. The monoisotopic (exact) mass is 550 g/mol. The predicted molar refractivity (Wildman–Crippen MR) is 158 cm³/mol. The Bertz CT molecular complexity index is 1670. The highest BCUT2D eigenvalue weighted by Gasteiger charge is 2.26. The van der Waals surface area contributed by atoms with Gasteiger partial charge in [-0.05, 0) is 41.5 Å². The third-order valence-electron chi connectivity index (χ3n) is 5.89. The fourth-order valence-corrected chi connectivity index (χ4v) is 4.84. The fourth-order valence-electron chi connectivity index (χ4n) is 4.06. The number of anilines is 1. The number of hydrogen-bond donors (Lipinski definition) is 2. The van der Waals surface area contributed by atoms with Crippen molar-refractivity contribution in [3.05, 3.63) is 132 Å². The van der Waals surface area contributed by atoms with Crippen molar-refractivity contribution in [3.8, 4) is 22.5 Å². The summed E-state index contributed by atoms with van der Waals surface area (Å²) in [5, 5.41) is 14.3. The van der Waals surface area contributed by atoms with Crippen LogP contribution in [0, 0.1) is 0 Å². The number of aromatic carboxylic acids is 1. The minimum absolute atomic E-state index is 0.0236. The van der Waals surface area contributed by atoms with Crippen LogP contribution in [0.1, 0.15) is 16.1 Å². The second-order valence-electron chi connectivity index (χ2n) is 8.42. The number of para-hydroxylation sites is 1. The number of hydrogen-bond acceptors (Lipinski definition) is 6. The molecule has 5 rings (SSSR count). The average molecular weight is 551 g/mol. The van der Waals surface area contributed by atoms with Crippen molar-refractivity contribution in [1.82, 2.24) is 0 Å². The molecule has 0 aliphatic carbocycles. The number of amidine groups is 1. The molecular weight excluding hydrogens is 528 g/mol. The highest BCUT2D eigenvalue weighted by molar-refractivity contribution is 7.99. The maximum Gasteiger partial charge on any atom is 0.340 e. The van der Waals surface area contributed by atoms with Gasteiger partial charge in [-0.3, -0.25) is 4.79 Å². The first-order valence-corrected chi connectivity index (χ1v) is 13.2. The lowest BCUT2D eigenvalue weighted by Gasteiger charge is -2.13. The third-order valence-corrected chi connectivity index (χ3v) is 6.99. The Hall–Kier alpha value is -4.66. The predicted octanol–water partition coefficient (Wildman–Crippen LogP) is 6.98. The third kappa shape index (κ3) is 5.93. The van der Waals surface area contributed by atoms with Crippen LogP contribution in [0.3, 0.4) is 0 Å². The van der Waals surface area contributed by atoms with E-state index in [2.05, 4.69) is 5.32 Å². The summed E-state index contributed by atoms with van der Waals surface area (Å²) < 4.78 is 7.44. The number of rotatable bonds is 5. The van der Waals surface area contributed by atoms with E-state index in [-0.39, 0.29) is 17.1 Å². The molecule has 6 nitrogen and oxygen atoms in total. The standard InChI is InChI=1S/C31H22N2O4S2/c34-29-22(12-8-9-19-39-33(38)30(29)32-27-16-7-6-15-26(27)31(35)36)20-23-17-18-28(37-23)25-14-5-4-13-24(25)21-10-2-1-3-11-21/h1-20,32H,(H,35,36)/b12-8+,19-9-,22-20?,33-30+. The molecule has 0 radical (unpaired) electrons. The van der Waals surface area contributed by atoms with Crippen molar-refractivity contribution in [2.45, 2.75) is 0 Å². The van der Waals surface area contributed by atoms with Crippen LogP contribution in [-0.2, 0) is 17.6 Å². The number of carboxylic acids is 1. The van der Waals surface area contributed by atoms with Gasteiger partial charge in [-0.15, -0.1) is 0 Å². The maximum atomic E-state index is 13.7. The zero-order chi connectivity index (χ0) is 27.2. The number of furan rings is 1. The van der Waals surface area contributed by atoms with Gasteiger partial charge >= 0.3 is 11.8 Å². The summed E-state index contributed by atoms with van der Waals surface area (Å²) >= 11 is 6.57. The van der Waals surface area contributed by atoms with Gasteiger partial charge in [-0.2, -0.15) is 0 Å². The number of ketones is 1. The van der Waals surface area contributed by atoms with Crippen molar-refractivity contribution in [1.29, 1.82) is 0 Å². The summed E-state index contributed by atoms with van der Waals surface area (Å²) in [6.07, 6.45) is 6.81. The number of nitrogens with one attached hydrogen (secondary N) is 1. The van der Waals surface area contributed by atoms with E-state index in [4.69, 9.17) is 17.2 Å². The molecule has 0 saturated heterocycles. The number of allylic oxidation sites excluding steroid dienone is 3. The molecule has 0 spiro atoms. The lowest BCUT2D eigenvalue weighted by molar-refractivity contribution is -0.135. The summed E-state index contributed by atoms with van der Waals surface area (Å²) in [4.78, 5) is 25.4. The van der Waals surface area contributed by atoms with Gasteiger partial charge in [0.1, 0.15) is 22.8 Å². The molecule has 1 aromatic heterocycles. The highest BCUT2D eigenvalue weighted by atomic mass is 32.2. The summed E-state index contributed by atoms with van der Waals surface area (Å²) in [6.45, 7) is 0. The van der Waals surface area contributed by atoms with Crippen LogP contribution in [0.2, 0.25) is 0 Å². The largest absolute Gasteiger partial charge is 0.545 e. The summed E-state index contributed by atoms with van der Waals surface area (Å²) in [7, 11) is 0. The molecule has 3 aromatic carbocycles. The Labute approximate surface area is 235 Å². The molecule has 39 heavy (non-hydrogen) atoms. The van der Waals surface area contributed by atoms with E-state index in [0.717, 1.165) is 28.6 Å². The molecule has 192 valence electrons. The normalized spacial score (nSPS) is 18.2. The topological polar surface area (TPSA) is 82.5 Å². The number of Topliss-reactive ketones (excluding diaryl/α,β-unsaturated/α-hetero) is 1. The first kappa shape index (κ1) is 26.0. The van der Waals surface area contributed by atoms with Crippen molar-refractivity contribution < 1.29 is 22.5 Å². The number of benzene rings is 3. The molecule has 1 aliphatic heterocycles. The van der Waals surface area contributed by atoms with Gasteiger partial charge in [-0.1, -0.05) is 85.0 Å². The van der Waals surface area contributed by atoms with Gasteiger partial charge < -0.3 is 25.7 Å². The van der Waals surface area contributed by atoms with Crippen LogP contribution in [0.5, 0.6) is 0 Å². The molecule has 0 fully saturated rings. The Morgan fingerprint density at radius 2 is 1.62 bits per heavy atom. The summed E-state index contributed by atoms with van der Waals surface area (Å²) in [5.74, 6) is -0.350. The van der Waals surface area contributed by atoms with E-state index in [9.17, 15) is 14.7 Å². The highest BCUT2D eigenvalue weighted by Crippen LogP contribution is 2.33.